The van der Waals surface area contributed by atoms with Gasteiger partial charge in [0.1, 0.15) is 0 Å². The summed E-state index contributed by atoms with van der Waals surface area (Å²) in [5.41, 5.74) is 3.66. The SMILES string of the molecule is CCc1cc(Br)cc(C)c1NC(=O)CN(CCc1ccccc1)S(=O)(=O)c1ccccc1. The minimum Gasteiger partial charge on any atom is -0.324 e. The molecule has 0 aliphatic carbocycles. The van der Waals surface area contributed by atoms with Crippen molar-refractivity contribution in [3.05, 3.63) is 94.0 Å². The van der Waals surface area contributed by atoms with Gasteiger partial charge >= 0.3 is 0 Å². The van der Waals surface area contributed by atoms with Gasteiger partial charge in [0.05, 0.1) is 11.4 Å². The number of nitrogens with one attached hydrogen (secondary N) is 1. The summed E-state index contributed by atoms with van der Waals surface area (Å²) in [6.07, 6.45) is 1.26. The maximum Gasteiger partial charge on any atom is 0.243 e. The first-order valence-corrected chi connectivity index (χ1v) is 12.7. The van der Waals surface area contributed by atoms with Gasteiger partial charge < -0.3 is 5.32 Å². The number of sulfonamides is 1. The lowest BCUT2D eigenvalue weighted by atomic mass is 10.1. The van der Waals surface area contributed by atoms with E-state index in [2.05, 4.69) is 21.2 Å². The molecule has 0 bridgehead atoms. The summed E-state index contributed by atoms with van der Waals surface area (Å²) < 4.78 is 28.8. The highest BCUT2D eigenvalue weighted by Gasteiger charge is 2.26. The van der Waals surface area contributed by atoms with Crippen molar-refractivity contribution in [3.63, 3.8) is 0 Å². The average Bonchev–Trinajstić information content (AvgIpc) is 2.79. The van der Waals surface area contributed by atoms with E-state index in [1.807, 2.05) is 56.3 Å². The first-order valence-electron chi connectivity index (χ1n) is 10.5. The molecule has 1 N–H and O–H groups in total. The molecule has 3 aromatic carbocycles. The lowest BCUT2D eigenvalue weighted by Gasteiger charge is -2.23. The highest BCUT2D eigenvalue weighted by molar-refractivity contribution is 9.10. The average molecular weight is 515 g/mol. The van der Waals surface area contributed by atoms with Crippen molar-refractivity contribution in [3.8, 4) is 0 Å². The molecule has 0 saturated heterocycles. The van der Waals surface area contributed by atoms with Crippen molar-refractivity contribution in [1.82, 2.24) is 4.31 Å². The third-order valence-corrected chi connectivity index (χ3v) is 7.54. The fourth-order valence-corrected chi connectivity index (χ4v) is 5.57. The Morgan fingerprint density at radius 1 is 1.00 bits per heavy atom. The summed E-state index contributed by atoms with van der Waals surface area (Å²) in [5.74, 6) is -0.363. The normalized spacial score (nSPS) is 11.5. The fraction of sp³-hybridized carbons (Fsp3) is 0.240. The Balaban J connectivity index is 1.84. The van der Waals surface area contributed by atoms with Gasteiger partial charge in [-0.3, -0.25) is 4.79 Å². The van der Waals surface area contributed by atoms with Gasteiger partial charge in [-0.05, 0) is 60.7 Å². The second-order valence-corrected chi connectivity index (χ2v) is 10.4. The van der Waals surface area contributed by atoms with Crippen LogP contribution in [0.2, 0.25) is 0 Å². The molecule has 3 aromatic rings. The molecular formula is C25H27BrN2O3S. The molecule has 168 valence electrons. The third kappa shape index (κ3) is 6.06. The molecule has 0 aromatic heterocycles. The summed E-state index contributed by atoms with van der Waals surface area (Å²) in [6, 6.07) is 21.8. The molecule has 0 aliphatic rings. The van der Waals surface area contributed by atoms with Gasteiger partial charge in [0.2, 0.25) is 15.9 Å². The van der Waals surface area contributed by atoms with Crippen LogP contribution in [0.5, 0.6) is 0 Å². The van der Waals surface area contributed by atoms with Crippen LogP contribution in [0.15, 0.2) is 82.2 Å². The molecule has 0 heterocycles. The predicted molar refractivity (Wildman–Crippen MR) is 132 cm³/mol. The summed E-state index contributed by atoms with van der Waals surface area (Å²) in [6.45, 7) is 3.88. The Labute approximate surface area is 198 Å². The van der Waals surface area contributed by atoms with Crippen molar-refractivity contribution in [1.29, 1.82) is 0 Å². The number of halogens is 1. The van der Waals surface area contributed by atoms with E-state index in [9.17, 15) is 13.2 Å². The summed E-state index contributed by atoms with van der Waals surface area (Å²) in [4.78, 5) is 13.2. The van der Waals surface area contributed by atoms with E-state index < -0.39 is 10.0 Å². The van der Waals surface area contributed by atoms with E-state index in [-0.39, 0.29) is 23.9 Å². The van der Waals surface area contributed by atoms with Crippen molar-refractivity contribution in [2.75, 3.05) is 18.4 Å². The smallest absolute Gasteiger partial charge is 0.243 e. The van der Waals surface area contributed by atoms with Crippen LogP contribution in [0.1, 0.15) is 23.6 Å². The number of carbonyl (C=O) groups is 1. The zero-order valence-corrected chi connectivity index (χ0v) is 20.6. The summed E-state index contributed by atoms with van der Waals surface area (Å²) >= 11 is 3.49. The van der Waals surface area contributed by atoms with Crippen LogP contribution < -0.4 is 5.32 Å². The van der Waals surface area contributed by atoms with Crippen molar-refractivity contribution in [2.45, 2.75) is 31.6 Å². The van der Waals surface area contributed by atoms with Gasteiger partial charge in [0, 0.05) is 16.7 Å². The largest absolute Gasteiger partial charge is 0.324 e. The minimum absolute atomic E-state index is 0.176. The zero-order chi connectivity index (χ0) is 23.1. The minimum atomic E-state index is -3.83. The van der Waals surface area contributed by atoms with Crippen molar-refractivity contribution in [2.24, 2.45) is 0 Å². The Bertz CT molecular complexity index is 1170. The van der Waals surface area contributed by atoms with E-state index in [0.29, 0.717) is 6.42 Å². The van der Waals surface area contributed by atoms with Gasteiger partial charge in [-0.1, -0.05) is 71.4 Å². The topological polar surface area (TPSA) is 66.5 Å². The molecule has 0 saturated carbocycles. The molecule has 0 fully saturated rings. The number of hydrogen-bond acceptors (Lipinski definition) is 3. The molecule has 0 aliphatic heterocycles. The quantitative estimate of drug-likeness (QED) is 0.427. The number of benzene rings is 3. The molecule has 0 unspecified atom stereocenters. The van der Waals surface area contributed by atoms with E-state index in [4.69, 9.17) is 0 Å². The number of hydrogen-bond donors (Lipinski definition) is 1. The standard InChI is InChI=1S/C25H27BrN2O3S/c1-3-21-17-22(26)16-19(2)25(21)27-24(29)18-28(15-14-20-10-6-4-7-11-20)32(30,31)23-12-8-5-9-13-23/h4-13,16-17H,3,14-15,18H2,1-2H3,(H,27,29). The van der Waals surface area contributed by atoms with E-state index in [1.165, 1.54) is 4.31 Å². The highest BCUT2D eigenvalue weighted by Crippen LogP contribution is 2.26. The lowest BCUT2D eigenvalue weighted by Crippen LogP contribution is -2.39. The van der Waals surface area contributed by atoms with Crippen LogP contribution in [0.3, 0.4) is 0 Å². The van der Waals surface area contributed by atoms with Crippen LogP contribution in [-0.4, -0.2) is 31.7 Å². The van der Waals surface area contributed by atoms with Gasteiger partial charge in [0.25, 0.3) is 0 Å². The Hall–Kier alpha value is -2.48. The van der Waals surface area contributed by atoms with Crippen LogP contribution >= 0.6 is 15.9 Å². The second-order valence-electron chi connectivity index (χ2n) is 7.55. The van der Waals surface area contributed by atoms with Crippen molar-refractivity contribution < 1.29 is 13.2 Å². The molecular weight excluding hydrogens is 488 g/mol. The maximum absolute atomic E-state index is 13.3. The highest BCUT2D eigenvalue weighted by atomic mass is 79.9. The van der Waals surface area contributed by atoms with Crippen molar-refractivity contribution >= 4 is 37.5 Å². The Kier molecular flexibility index (Phi) is 8.23. The molecule has 0 atom stereocenters. The number of anilines is 1. The first-order chi connectivity index (χ1) is 15.3. The first kappa shape index (κ1) is 24.2. The monoisotopic (exact) mass is 514 g/mol. The molecule has 32 heavy (non-hydrogen) atoms. The van der Waals surface area contributed by atoms with Crippen LogP contribution in [0, 0.1) is 6.92 Å². The number of carbonyl (C=O) groups excluding carboxylic acids is 1. The number of rotatable bonds is 9. The molecule has 0 spiro atoms. The Morgan fingerprint density at radius 2 is 1.62 bits per heavy atom. The van der Waals surface area contributed by atoms with E-state index >= 15 is 0 Å². The van der Waals surface area contributed by atoms with E-state index in [1.54, 1.807) is 30.3 Å². The fourth-order valence-electron chi connectivity index (χ4n) is 3.53. The molecule has 0 radical (unpaired) electrons. The zero-order valence-electron chi connectivity index (χ0n) is 18.2. The number of amides is 1. The van der Waals surface area contributed by atoms with Gasteiger partial charge in [-0.25, -0.2) is 8.42 Å². The van der Waals surface area contributed by atoms with Crippen LogP contribution in [0.4, 0.5) is 5.69 Å². The van der Waals surface area contributed by atoms with Crippen LogP contribution in [-0.2, 0) is 27.7 Å². The van der Waals surface area contributed by atoms with Gasteiger partial charge in [0.15, 0.2) is 0 Å². The van der Waals surface area contributed by atoms with E-state index in [0.717, 1.165) is 33.3 Å². The number of aryl methyl sites for hydroxylation is 2. The number of nitrogens with zero attached hydrogens (tertiary/aromatic N) is 1. The maximum atomic E-state index is 13.3. The van der Waals surface area contributed by atoms with Gasteiger partial charge in [-0.2, -0.15) is 4.31 Å². The summed E-state index contributed by atoms with van der Waals surface area (Å²) in [5, 5.41) is 2.94. The molecule has 1 amide bonds. The predicted octanol–water partition coefficient (Wildman–Crippen LogP) is 5.19. The molecule has 5 nitrogen and oxygen atoms in total. The summed E-state index contributed by atoms with van der Waals surface area (Å²) in [7, 11) is -3.83. The molecule has 3 rings (SSSR count). The lowest BCUT2D eigenvalue weighted by molar-refractivity contribution is -0.116. The van der Waals surface area contributed by atoms with Crippen LogP contribution in [0.25, 0.3) is 0 Å². The Morgan fingerprint density at radius 3 is 2.25 bits per heavy atom. The molecule has 7 heteroatoms. The van der Waals surface area contributed by atoms with Gasteiger partial charge in [-0.15, -0.1) is 0 Å². The third-order valence-electron chi connectivity index (χ3n) is 5.22. The second kappa shape index (κ2) is 10.9.